The second kappa shape index (κ2) is 6.10. The zero-order valence-corrected chi connectivity index (χ0v) is 14.6. The Morgan fingerprint density at radius 2 is 1.95 bits per heavy atom. The molecule has 2 aromatic rings. The van der Waals surface area contributed by atoms with Gasteiger partial charge in [-0.2, -0.15) is 0 Å². The number of nitrogens with zero attached hydrogens (tertiary/aromatic N) is 1. The maximum atomic E-state index is 12.7. The number of aromatic amines is 1. The molecule has 1 fully saturated rings. The van der Waals surface area contributed by atoms with Gasteiger partial charge in [0, 0.05) is 45.7 Å². The first kappa shape index (κ1) is 15.1. The molecule has 0 saturated carbocycles. The average Bonchev–Trinajstić information content (AvgIpc) is 2.90. The van der Waals surface area contributed by atoms with Crippen molar-refractivity contribution in [1.82, 2.24) is 9.88 Å². The van der Waals surface area contributed by atoms with Crippen LogP contribution in [-0.4, -0.2) is 40.6 Å². The van der Waals surface area contributed by atoms with Gasteiger partial charge in [-0.15, -0.1) is 0 Å². The molecule has 1 aromatic carbocycles. The van der Waals surface area contributed by atoms with Crippen molar-refractivity contribution >= 4 is 48.7 Å². The largest absolute Gasteiger partial charge is 0.396 e. The van der Waals surface area contributed by atoms with Gasteiger partial charge in [0.25, 0.3) is 5.91 Å². The number of carbonyl (C=O) groups is 1. The Hall–Kier alpha value is -0.850. The number of rotatable bonds is 2. The molecule has 2 heterocycles. The third kappa shape index (κ3) is 2.89. The lowest BCUT2D eigenvalue weighted by atomic mass is 9.97. The Bertz CT molecular complexity index is 676. The van der Waals surface area contributed by atoms with Crippen molar-refractivity contribution in [2.24, 2.45) is 5.92 Å². The molecule has 0 atom stereocenters. The van der Waals surface area contributed by atoms with Crippen LogP contribution in [-0.2, 0) is 0 Å². The maximum absolute atomic E-state index is 12.7. The first-order chi connectivity index (χ1) is 10.1. The van der Waals surface area contributed by atoms with E-state index in [1.807, 2.05) is 17.0 Å². The second-order valence-corrected chi connectivity index (χ2v) is 7.14. The number of H-pyrrole nitrogens is 1. The predicted octanol–water partition coefficient (Wildman–Crippen LogP) is 3.54. The standard InChI is InChI=1S/C15H16Br2N2O2/c16-12-5-10-11(7-18-14(10)6-13(12)17)15(21)19-3-1-9(8-20)2-4-19/h5-7,9,18,20H,1-4,8H2. The van der Waals surface area contributed by atoms with Crippen molar-refractivity contribution in [2.45, 2.75) is 12.8 Å². The van der Waals surface area contributed by atoms with Gasteiger partial charge < -0.3 is 15.0 Å². The fourth-order valence-electron chi connectivity index (χ4n) is 2.78. The number of halogens is 2. The summed E-state index contributed by atoms with van der Waals surface area (Å²) in [5.74, 6) is 0.397. The van der Waals surface area contributed by atoms with Crippen LogP contribution in [0, 0.1) is 5.92 Å². The van der Waals surface area contributed by atoms with Gasteiger partial charge in [-0.3, -0.25) is 4.79 Å². The van der Waals surface area contributed by atoms with E-state index in [0.717, 1.165) is 32.7 Å². The summed E-state index contributed by atoms with van der Waals surface area (Å²) in [6.45, 7) is 1.65. The van der Waals surface area contributed by atoms with E-state index in [9.17, 15) is 9.90 Å². The summed E-state index contributed by atoms with van der Waals surface area (Å²) < 4.78 is 1.89. The molecule has 1 saturated heterocycles. The topological polar surface area (TPSA) is 56.3 Å². The molecule has 21 heavy (non-hydrogen) atoms. The fourth-order valence-corrected chi connectivity index (χ4v) is 3.47. The number of hydrogen-bond acceptors (Lipinski definition) is 2. The van der Waals surface area contributed by atoms with Gasteiger partial charge in [-0.25, -0.2) is 0 Å². The van der Waals surface area contributed by atoms with Crippen molar-refractivity contribution in [3.8, 4) is 0 Å². The molecule has 2 N–H and O–H groups in total. The lowest BCUT2D eigenvalue weighted by Gasteiger charge is -2.31. The Kier molecular flexibility index (Phi) is 4.38. The minimum atomic E-state index is 0.0619. The first-order valence-corrected chi connectivity index (χ1v) is 8.55. The third-order valence-corrected chi connectivity index (χ3v) is 5.96. The summed E-state index contributed by atoms with van der Waals surface area (Å²) in [5, 5.41) is 10.1. The van der Waals surface area contributed by atoms with Crippen LogP contribution in [0.25, 0.3) is 10.9 Å². The summed E-state index contributed by atoms with van der Waals surface area (Å²) in [5.41, 5.74) is 1.65. The molecule has 1 aliphatic heterocycles. The van der Waals surface area contributed by atoms with Crippen molar-refractivity contribution in [3.05, 3.63) is 32.8 Å². The van der Waals surface area contributed by atoms with Gasteiger partial charge in [-0.1, -0.05) is 0 Å². The highest BCUT2D eigenvalue weighted by Gasteiger charge is 2.25. The number of benzene rings is 1. The van der Waals surface area contributed by atoms with Crippen molar-refractivity contribution in [2.75, 3.05) is 19.7 Å². The average molecular weight is 416 g/mol. The molecule has 1 amide bonds. The molecular formula is C15H16Br2N2O2. The van der Waals surface area contributed by atoms with E-state index in [2.05, 4.69) is 36.8 Å². The van der Waals surface area contributed by atoms with Gasteiger partial charge in [0.1, 0.15) is 0 Å². The number of fused-ring (bicyclic) bond motifs is 1. The Morgan fingerprint density at radius 3 is 2.62 bits per heavy atom. The lowest BCUT2D eigenvalue weighted by molar-refractivity contribution is 0.0653. The molecular weight excluding hydrogens is 400 g/mol. The van der Waals surface area contributed by atoms with E-state index in [0.29, 0.717) is 24.6 Å². The number of carbonyl (C=O) groups excluding carboxylic acids is 1. The maximum Gasteiger partial charge on any atom is 0.256 e. The van der Waals surface area contributed by atoms with E-state index >= 15 is 0 Å². The van der Waals surface area contributed by atoms with Crippen LogP contribution in [0.15, 0.2) is 27.3 Å². The summed E-state index contributed by atoms with van der Waals surface area (Å²) >= 11 is 6.95. The zero-order valence-electron chi connectivity index (χ0n) is 11.4. The van der Waals surface area contributed by atoms with Gasteiger partial charge in [0.15, 0.2) is 0 Å². The SMILES string of the molecule is O=C(c1c[nH]c2cc(Br)c(Br)cc12)N1CCC(CO)CC1. The highest BCUT2D eigenvalue weighted by atomic mass is 79.9. The molecule has 112 valence electrons. The number of aromatic nitrogens is 1. The van der Waals surface area contributed by atoms with E-state index in [1.54, 1.807) is 6.20 Å². The molecule has 1 aromatic heterocycles. The molecule has 0 bridgehead atoms. The van der Waals surface area contributed by atoms with Gasteiger partial charge >= 0.3 is 0 Å². The second-order valence-electron chi connectivity index (χ2n) is 5.43. The summed E-state index contributed by atoms with van der Waals surface area (Å²) in [4.78, 5) is 17.7. The number of piperidine rings is 1. The Balaban J connectivity index is 1.87. The van der Waals surface area contributed by atoms with Crippen LogP contribution >= 0.6 is 31.9 Å². The van der Waals surface area contributed by atoms with E-state index in [-0.39, 0.29) is 12.5 Å². The zero-order chi connectivity index (χ0) is 15.0. The van der Waals surface area contributed by atoms with Crippen LogP contribution < -0.4 is 0 Å². The quantitative estimate of drug-likeness (QED) is 0.788. The number of likely N-dealkylation sites (tertiary alicyclic amines) is 1. The van der Waals surface area contributed by atoms with Gasteiger partial charge in [0.2, 0.25) is 0 Å². The predicted molar refractivity (Wildman–Crippen MR) is 89.4 cm³/mol. The molecule has 0 aliphatic carbocycles. The molecule has 0 spiro atoms. The Morgan fingerprint density at radius 1 is 1.29 bits per heavy atom. The first-order valence-electron chi connectivity index (χ1n) is 6.96. The fraction of sp³-hybridized carbons (Fsp3) is 0.400. The number of aliphatic hydroxyl groups excluding tert-OH is 1. The van der Waals surface area contributed by atoms with E-state index in [1.165, 1.54) is 0 Å². The monoisotopic (exact) mass is 414 g/mol. The number of nitrogens with one attached hydrogen (secondary N) is 1. The van der Waals surface area contributed by atoms with Crippen LogP contribution in [0.1, 0.15) is 23.2 Å². The van der Waals surface area contributed by atoms with E-state index in [4.69, 9.17) is 0 Å². The minimum Gasteiger partial charge on any atom is -0.396 e. The van der Waals surface area contributed by atoms with Crippen LogP contribution in [0.4, 0.5) is 0 Å². The van der Waals surface area contributed by atoms with Crippen LogP contribution in [0.5, 0.6) is 0 Å². The number of aliphatic hydroxyl groups is 1. The molecule has 0 unspecified atom stereocenters. The molecule has 0 radical (unpaired) electrons. The Labute approximate surface area is 139 Å². The highest BCUT2D eigenvalue weighted by Crippen LogP contribution is 2.31. The molecule has 4 nitrogen and oxygen atoms in total. The summed E-state index contributed by atoms with van der Waals surface area (Å²) in [6, 6.07) is 3.93. The number of hydrogen-bond donors (Lipinski definition) is 2. The van der Waals surface area contributed by atoms with Gasteiger partial charge in [-0.05, 0) is 62.8 Å². The number of amides is 1. The summed E-state index contributed by atoms with van der Waals surface area (Å²) in [7, 11) is 0. The van der Waals surface area contributed by atoms with Crippen molar-refractivity contribution < 1.29 is 9.90 Å². The normalized spacial score (nSPS) is 16.6. The van der Waals surface area contributed by atoms with Gasteiger partial charge in [0.05, 0.1) is 5.56 Å². The van der Waals surface area contributed by atoms with Crippen LogP contribution in [0.3, 0.4) is 0 Å². The smallest absolute Gasteiger partial charge is 0.256 e. The highest BCUT2D eigenvalue weighted by molar-refractivity contribution is 9.13. The minimum absolute atomic E-state index is 0.0619. The molecule has 3 rings (SSSR count). The van der Waals surface area contributed by atoms with Crippen LogP contribution in [0.2, 0.25) is 0 Å². The molecule has 6 heteroatoms. The van der Waals surface area contributed by atoms with Crippen molar-refractivity contribution in [3.63, 3.8) is 0 Å². The van der Waals surface area contributed by atoms with E-state index < -0.39 is 0 Å². The van der Waals surface area contributed by atoms with Crippen molar-refractivity contribution in [1.29, 1.82) is 0 Å². The third-order valence-electron chi connectivity index (χ3n) is 4.11. The summed E-state index contributed by atoms with van der Waals surface area (Å²) in [6.07, 6.45) is 3.53. The lowest BCUT2D eigenvalue weighted by Crippen LogP contribution is -2.39. The molecule has 1 aliphatic rings.